The molecule has 2 aromatic rings. The van der Waals surface area contributed by atoms with Gasteiger partial charge in [0.1, 0.15) is 12.4 Å². The van der Waals surface area contributed by atoms with Crippen LogP contribution in [0.4, 0.5) is 0 Å². The summed E-state index contributed by atoms with van der Waals surface area (Å²) in [6.45, 7) is 8.72. The van der Waals surface area contributed by atoms with E-state index < -0.39 is 0 Å². The second-order valence-electron chi connectivity index (χ2n) is 7.14. The number of ether oxygens (including phenoxy) is 1. The van der Waals surface area contributed by atoms with Crippen molar-refractivity contribution in [2.75, 3.05) is 32.8 Å². The van der Waals surface area contributed by atoms with Gasteiger partial charge in [0, 0.05) is 32.2 Å². The molecule has 1 aliphatic rings. The zero-order chi connectivity index (χ0) is 18.4. The molecule has 0 aliphatic carbocycles. The molecule has 1 heterocycles. The summed E-state index contributed by atoms with van der Waals surface area (Å²) < 4.78 is 5.91. The maximum Gasteiger partial charge on any atom is 0.119 e. The number of aliphatic hydroxyl groups excluding tert-OH is 1. The van der Waals surface area contributed by atoms with Crippen LogP contribution >= 0.6 is 0 Å². The maximum atomic E-state index is 10.3. The Hall–Kier alpha value is -1.88. The summed E-state index contributed by atoms with van der Waals surface area (Å²) in [5.41, 5.74) is 1.19. The second-order valence-corrected chi connectivity index (χ2v) is 7.14. The van der Waals surface area contributed by atoms with E-state index in [-0.39, 0.29) is 12.1 Å². The molecule has 1 N–H and O–H groups in total. The summed E-state index contributed by atoms with van der Waals surface area (Å²) in [6.07, 6.45) is -0.386. The van der Waals surface area contributed by atoms with Crippen LogP contribution in [0, 0.1) is 0 Å². The first-order chi connectivity index (χ1) is 12.6. The average Bonchev–Trinajstić information content (AvgIpc) is 2.68. The van der Waals surface area contributed by atoms with Crippen LogP contribution in [-0.2, 0) is 0 Å². The molecule has 0 spiro atoms. The Labute approximate surface area is 157 Å². The van der Waals surface area contributed by atoms with E-state index in [1.807, 2.05) is 55.5 Å². The van der Waals surface area contributed by atoms with Gasteiger partial charge in [-0.05, 0) is 31.5 Å². The summed E-state index contributed by atoms with van der Waals surface area (Å²) in [5, 5.41) is 10.3. The second kappa shape index (κ2) is 9.17. The van der Waals surface area contributed by atoms with E-state index in [0.717, 1.165) is 31.9 Å². The zero-order valence-corrected chi connectivity index (χ0v) is 15.8. The zero-order valence-electron chi connectivity index (χ0n) is 15.8. The molecule has 1 fully saturated rings. The molecule has 0 aromatic heterocycles. The van der Waals surface area contributed by atoms with Crippen molar-refractivity contribution in [3.05, 3.63) is 66.2 Å². The lowest BCUT2D eigenvalue weighted by atomic mass is 9.99. The minimum absolute atomic E-state index is 0.0641. The lowest BCUT2D eigenvalue weighted by Gasteiger charge is -2.42. The van der Waals surface area contributed by atoms with Gasteiger partial charge in [-0.15, -0.1) is 0 Å². The molecule has 140 valence electrons. The molecular formula is C22H30N2O2. The molecule has 0 radical (unpaired) electrons. The summed E-state index contributed by atoms with van der Waals surface area (Å²) in [5.74, 6) is 0.927. The fourth-order valence-corrected chi connectivity index (χ4v) is 3.74. The minimum Gasteiger partial charge on any atom is -0.492 e. The van der Waals surface area contributed by atoms with E-state index in [2.05, 4.69) is 28.9 Å². The molecule has 0 amide bonds. The first-order valence-corrected chi connectivity index (χ1v) is 9.54. The quantitative estimate of drug-likeness (QED) is 0.828. The monoisotopic (exact) mass is 354 g/mol. The highest BCUT2D eigenvalue weighted by molar-refractivity contribution is 5.21. The molecule has 1 saturated heterocycles. The number of piperazine rings is 1. The summed E-state index contributed by atoms with van der Waals surface area (Å²) >= 11 is 0. The van der Waals surface area contributed by atoms with Crippen LogP contribution in [-0.4, -0.2) is 59.8 Å². The number of nitrogens with zero attached hydrogens (tertiary/aromatic N) is 2. The Morgan fingerprint density at radius 2 is 1.38 bits per heavy atom. The Bertz CT molecular complexity index is 640. The lowest BCUT2D eigenvalue weighted by Crippen LogP contribution is -2.53. The van der Waals surface area contributed by atoms with Gasteiger partial charge in [0.05, 0.1) is 12.1 Å². The van der Waals surface area contributed by atoms with E-state index in [1.54, 1.807) is 0 Å². The highest BCUT2D eigenvalue weighted by Crippen LogP contribution is 2.26. The molecule has 0 saturated carbocycles. The molecule has 2 aromatic carbocycles. The Morgan fingerprint density at radius 1 is 0.846 bits per heavy atom. The highest BCUT2D eigenvalue weighted by atomic mass is 16.5. The maximum absolute atomic E-state index is 10.3. The predicted molar refractivity (Wildman–Crippen MR) is 105 cm³/mol. The number of benzene rings is 2. The van der Waals surface area contributed by atoms with Crippen LogP contribution in [0.1, 0.15) is 25.5 Å². The molecule has 1 aliphatic heterocycles. The summed E-state index contributed by atoms with van der Waals surface area (Å²) in [4.78, 5) is 4.88. The Balaban J connectivity index is 1.52. The molecule has 26 heavy (non-hydrogen) atoms. The number of rotatable bonds is 7. The van der Waals surface area contributed by atoms with Gasteiger partial charge in [0.2, 0.25) is 0 Å². The van der Waals surface area contributed by atoms with Gasteiger partial charge in [-0.3, -0.25) is 9.80 Å². The van der Waals surface area contributed by atoms with Crippen molar-refractivity contribution in [3.63, 3.8) is 0 Å². The number of hydrogen-bond donors (Lipinski definition) is 1. The third-order valence-electron chi connectivity index (χ3n) is 5.20. The topological polar surface area (TPSA) is 35.9 Å². The molecule has 3 rings (SSSR count). The molecular weight excluding hydrogens is 324 g/mol. The first kappa shape index (κ1) is 18.9. The van der Waals surface area contributed by atoms with Gasteiger partial charge in [-0.1, -0.05) is 48.5 Å². The van der Waals surface area contributed by atoms with Gasteiger partial charge >= 0.3 is 0 Å². The van der Waals surface area contributed by atoms with Crippen LogP contribution in [0.2, 0.25) is 0 Å². The average molecular weight is 354 g/mol. The standard InChI is InChI=1S/C22H30N2O2/c1-18(17-26-21-11-7-4-8-12-21)23-13-15-24(16-14-23)22(19(2)25)20-9-5-3-6-10-20/h3-12,18-19,22,25H,13-17H2,1-2H3. The summed E-state index contributed by atoms with van der Waals surface area (Å²) in [7, 11) is 0. The highest BCUT2D eigenvalue weighted by Gasteiger charge is 2.29. The van der Waals surface area contributed by atoms with Crippen LogP contribution in [0.15, 0.2) is 60.7 Å². The fourth-order valence-electron chi connectivity index (χ4n) is 3.74. The SMILES string of the molecule is CC(O)C(c1ccccc1)N1CCN(C(C)COc2ccccc2)CC1. The van der Waals surface area contributed by atoms with Crippen LogP contribution in [0.5, 0.6) is 5.75 Å². The van der Waals surface area contributed by atoms with Gasteiger partial charge < -0.3 is 9.84 Å². The molecule has 4 nitrogen and oxygen atoms in total. The molecule has 0 bridgehead atoms. The smallest absolute Gasteiger partial charge is 0.119 e. The van der Waals surface area contributed by atoms with Crippen LogP contribution in [0.3, 0.4) is 0 Å². The molecule has 3 unspecified atom stereocenters. The van der Waals surface area contributed by atoms with E-state index in [1.165, 1.54) is 5.56 Å². The third-order valence-corrected chi connectivity index (χ3v) is 5.20. The van der Waals surface area contributed by atoms with E-state index in [0.29, 0.717) is 12.6 Å². The van der Waals surface area contributed by atoms with Gasteiger partial charge in [-0.2, -0.15) is 0 Å². The number of hydrogen-bond acceptors (Lipinski definition) is 4. The van der Waals surface area contributed by atoms with E-state index in [9.17, 15) is 5.11 Å². The van der Waals surface area contributed by atoms with Gasteiger partial charge in [0.15, 0.2) is 0 Å². The van der Waals surface area contributed by atoms with E-state index in [4.69, 9.17) is 4.74 Å². The Kier molecular flexibility index (Phi) is 6.67. The van der Waals surface area contributed by atoms with E-state index >= 15 is 0 Å². The fraction of sp³-hybridized carbons (Fsp3) is 0.455. The third kappa shape index (κ3) is 4.85. The van der Waals surface area contributed by atoms with Crippen molar-refractivity contribution in [2.24, 2.45) is 0 Å². The van der Waals surface area contributed by atoms with Gasteiger partial charge in [-0.25, -0.2) is 0 Å². The van der Waals surface area contributed by atoms with Crippen molar-refractivity contribution in [1.82, 2.24) is 9.80 Å². The first-order valence-electron chi connectivity index (χ1n) is 9.54. The van der Waals surface area contributed by atoms with Crippen molar-refractivity contribution < 1.29 is 9.84 Å². The minimum atomic E-state index is -0.386. The normalized spacial score (nSPS) is 19.7. The largest absolute Gasteiger partial charge is 0.492 e. The van der Waals surface area contributed by atoms with Crippen LogP contribution in [0.25, 0.3) is 0 Å². The lowest BCUT2D eigenvalue weighted by molar-refractivity contribution is 0.0113. The summed E-state index contributed by atoms with van der Waals surface area (Å²) in [6, 6.07) is 20.8. The van der Waals surface area contributed by atoms with Crippen molar-refractivity contribution in [3.8, 4) is 5.75 Å². The van der Waals surface area contributed by atoms with Crippen LogP contribution < -0.4 is 4.74 Å². The molecule has 3 atom stereocenters. The number of para-hydroxylation sites is 1. The Morgan fingerprint density at radius 3 is 1.96 bits per heavy atom. The van der Waals surface area contributed by atoms with Gasteiger partial charge in [0.25, 0.3) is 0 Å². The van der Waals surface area contributed by atoms with Crippen molar-refractivity contribution in [2.45, 2.75) is 32.0 Å². The molecule has 4 heteroatoms. The van der Waals surface area contributed by atoms with Crippen molar-refractivity contribution in [1.29, 1.82) is 0 Å². The predicted octanol–water partition coefficient (Wildman–Crippen LogP) is 3.19. The number of aliphatic hydroxyl groups is 1. The van der Waals surface area contributed by atoms with Crippen molar-refractivity contribution >= 4 is 0 Å².